The maximum absolute atomic E-state index is 6.19. The predicted molar refractivity (Wildman–Crippen MR) is 85.7 cm³/mol. The molecule has 2 nitrogen and oxygen atoms in total. The van der Waals surface area contributed by atoms with Crippen molar-refractivity contribution in [2.45, 2.75) is 25.8 Å². The summed E-state index contributed by atoms with van der Waals surface area (Å²) in [5.74, 6) is 0. The van der Waals surface area contributed by atoms with Gasteiger partial charge < -0.3 is 10.6 Å². The Bertz CT molecular complexity index is 610. The van der Waals surface area contributed by atoms with Gasteiger partial charge in [-0.15, -0.1) is 0 Å². The van der Waals surface area contributed by atoms with Crippen LogP contribution in [0.3, 0.4) is 0 Å². The van der Waals surface area contributed by atoms with Crippen molar-refractivity contribution < 1.29 is 0 Å². The molecule has 0 aromatic heterocycles. The van der Waals surface area contributed by atoms with Crippen molar-refractivity contribution in [3.63, 3.8) is 0 Å². The number of nitrogens with zero attached hydrogens (tertiary/aromatic N) is 1. The lowest BCUT2D eigenvalue weighted by molar-refractivity contribution is 0.759. The number of aryl methyl sites for hydroxylation is 1. The minimum atomic E-state index is 0.533. The average molecular weight is 287 g/mol. The fourth-order valence-electron chi connectivity index (χ4n) is 2.90. The van der Waals surface area contributed by atoms with Crippen LogP contribution in [0, 0.1) is 0 Å². The molecule has 0 saturated heterocycles. The van der Waals surface area contributed by atoms with Gasteiger partial charge in [-0.2, -0.15) is 0 Å². The van der Waals surface area contributed by atoms with Crippen LogP contribution in [0.2, 0.25) is 5.02 Å². The number of fused-ring (bicyclic) bond motifs is 1. The van der Waals surface area contributed by atoms with Crippen LogP contribution in [-0.2, 0) is 13.0 Å². The van der Waals surface area contributed by atoms with Crippen molar-refractivity contribution in [2.24, 2.45) is 5.73 Å². The second-order valence-corrected chi connectivity index (χ2v) is 5.65. The Hall–Kier alpha value is -1.51. The van der Waals surface area contributed by atoms with Crippen molar-refractivity contribution in [3.05, 3.63) is 58.6 Å². The van der Waals surface area contributed by atoms with Crippen molar-refractivity contribution in [1.29, 1.82) is 0 Å². The molecule has 2 aromatic rings. The van der Waals surface area contributed by atoms with E-state index in [2.05, 4.69) is 29.2 Å². The number of benzene rings is 2. The van der Waals surface area contributed by atoms with E-state index in [1.54, 1.807) is 0 Å². The molecular formula is C17H19ClN2. The summed E-state index contributed by atoms with van der Waals surface area (Å²) in [6, 6.07) is 14.6. The summed E-state index contributed by atoms with van der Waals surface area (Å²) >= 11 is 6.19. The third kappa shape index (κ3) is 2.54. The molecule has 2 aromatic carbocycles. The molecule has 0 radical (unpaired) electrons. The van der Waals surface area contributed by atoms with Crippen LogP contribution in [0.1, 0.15) is 24.0 Å². The van der Waals surface area contributed by atoms with Gasteiger partial charge in [-0.05, 0) is 48.6 Å². The molecule has 1 aliphatic heterocycles. The Morgan fingerprint density at radius 1 is 1.05 bits per heavy atom. The van der Waals surface area contributed by atoms with Gasteiger partial charge in [0.05, 0.1) is 0 Å². The Morgan fingerprint density at radius 2 is 1.90 bits per heavy atom. The van der Waals surface area contributed by atoms with Crippen LogP contribution in [-0.4, -0.2) is 6.54 Å². The van der Waals surface area contributed by atoms with Crippen molar-refractivity contribution in [3.8, 4) is 0 Å². The summed E-state index contributed by atoms with van der Waals surface area (Å²) in [5, 5.41) is 0.763. The summed E-state index contributed by atoms with van der Waals surface area (Å²) in [7, 11) is 0. The smallest absolute Gasteiger partial charge is 0.0471 e. The highest BCUT2D eigenvalue weighted by Gasteiger charge is 2.18. The summed E-state index contributed by atoms with van der Waals surface area (Å²) in [6.07, 6.45) is 3.56. The van der Waals surface area contributed by atoms with E-state index in [0.717, 1.165) is 29.2 Å². The molecule has 104 valence electrons. The topological polar surface area (TPSA) is 29.3 Å². The number of halogens is 1. The highest BCUT2D eigenvalue weighted by atomic mass is 35.5. The van der Waals surface area contributed by atoms with Gasteiger partial charge in [0, 0.05) is 29.5 Å². The predicted octanol–water partition coefficient (Wildman–Crippen LogP) is 4.27. The molecule has 0 fully saturated rings. The SMILES string of the molecule is NCc1ccc(Cl)cc1N1CCCCc2ccccc21. The molecule has 3 heteroatoms. The fourth-order valence-corrected chi connectivity index (χ4v) is 3.07. The van der Waals surface area contributed by atoms with E-state index in [4.69, 9.17) is 17.3 Å². The lowest BCUT2D eigenvalue weighted by atomic mass is 10.1. The monoisotopic (exact) mass is 286 g/mol. The summed E-state index contributed by atoms with van der Waals surface area (Å²) in [4.78, 5) is 2.37. The highest BCUT2D eigenvalue weighted by molar-refractivity contribution is 6.30. The van der Waals surface area contributed by atoms with Gasteiger partial charge in [0.25, 0.3) is 0 Å². The first kappa shape index (κ1) is 13.5. The van der Waals surface area contributed by atoms with Crippen molar-refractivity contribution in [1.82, 2.24) is 0 Å². The van der Waals surface area contributed by atoms with E-state index >= 15 is 0 Å². The molecule has 1 aliphatic rings. The molecular weight excluding hydrogens is 268 g/mol. The highest BCUT2D eigenvalue weighted by Crippen LogP contribution is 2.35. The van der Waals surface area contributed by atoms with Gasteiger partial charge >= 0.3 is 0 Å². The van der Waals surface area contributed by atoms with Crippen LogP contribution in [0.4, 0.5) is 11.4 Å². The van der Waals surface area contributed by atoms with Crippen molar-refractivity contribution in [2.75, 3.05) is 11.4 Å². The fraction of sp³-hybridized carbons (Fsp3) is 0.294. The summed E-state index contributed by atoms with van der Waals surface area (Å²) in [5.41, 5.74) is 10.9. The largest absolute Gasteiger partial charge is 0.341 e. The quantitative estimate of drug-likeness (QED) is 0.893. The number of para-hydroxylation sites is 1. The second-order valence-electron chi connectivity index (χ2n) is 5.21. The molecule has 0 aliphatic carbocycles. The van der Waals surface area contributed by atoms with Gasteiger partial charge in [0.2, 0.25) is 0 Å². The van der Waals surface area contributed by atoms with E-state index in [1.165, 1.54) is 24.1 Å². The Kier molecular flexibility index (Phi) is 3.95. The van der Waals surface area contributed by atoms with Crippen molar-refractivity contribution >= 4 is 23.0 Å². The minimum absolute atomic E-state index is 0.533. The zero-order valence-corrected chi connectivity index (χ0v) is 12.2. The zero-order chi connectivity index (χ0) is 13.9. The molecule has 2 N–H and O–H groups in total. The molecule has 0 bridgehead atoms. The zero-order valence-electron chi connectivity index (χ0n) is 11.5. The van der Waals surface area contributed by atoms with Gasteiger partial charge in [-0.25, -0.2) is 0 Å². The van der Waals surface area contributed by atoms with Crippen LogP contribution < -0.4 is 10.6 Å². The molecule has 20 heavy (non-hydrogen) atoms. The Balaban J connectivity index is 2.12. The third-order valence-corrected chi connectivity index (χ3v) is 4.15. The number of hydrogen-bond donors (Lipinski definition) is 1. The van der Waals surface area contributed by atoms with E-state index in [9.17, 15) is 0 Å². The first-order chi connectivity index (χ1) is 9.79. The van der Waals surface area contributed by atoms with E-state index in [-0.39, 0.29) is 0 Å². The maximum atomic E-state index is 6.19. The molecule has 0 spiro atoms. The minimum Gasteiger partial charge on any atom is -0.341 e. The Morgan fingerprint density at radius 3 is 2.75 bits per heavy atom. The van der Waals surface area contributed by atoms with E-state index in [1.807, 2.05) is 18.2 Å². The van der Waals surface area contributed by atoms with Crippen LogP contribution in [0.25, 0.3) is 0 Å². The maximum Gasteiger partial charge on any atom is 0.0471 e. The second kappa shape index (κ2) is 5.86. The van der Waals surface area contributed by atoms with Gasteiger partial charge in [-0.3, -0.25) is 0 Å². The number of hydrogen-bond acceptors (Lipinski definition) is 2. The molecule has 0 amide bonds. The molecule has 0 atom stereocenters. The normalized spacial score (nSPS) is 14.8. The van der Waals surface area contributed by atoms with Gasteiger partial charge in [0.15, 0.2) is 0 Å². The van der Waals surface area contributed by atoms with E-state index in [0.29, 0.717) is 6.54 Å². The van der Waals surface area contributed by atoms with Gasteiger partial charge in [-0.1, -0.05) is 35.9 Å². The molecule has 0 saturated carbocycles. The number of rotatable bonds is 2. The first-order valence-corrected chi connectivity index (χ1v) is 7.51. The third-order valence-electron chi connectivity index (χ3n) is 3.92. The number of anilines is 2. The average Bonchev–Trinajstić information content (AvgIpc) is 2.69. The van der Waals surface area contributed by atoms with Crippen LogP contribution in [0.5, 0.6) is 0 Å². The molecule has 3 rings (SSSR count). The number of nitrogens with two attached hydrogens (primary N) is 1. The molecule has 1 heterocycles. The van der Waals surface area contributed by atoms with Crippen LogP contribution >= 0.6 is 11.6 Å². The van der Waals surface area contributed by atoms with E-state index < -0.39 is 0 Å². The molecule has 0 unspecified atom stereocenters. The lowest BCUT2D eigenvalue weighted by Crippen LogP contribution is -2.20. The summed E-state index contributed by atoms with van der Waals surface area (Å²) < 4.78 is 0. The Labute approximate surface area is 125 Å². The summed E-state index contributed by atoms with van der Waals surface area (Å²) in [6.45, 7) is 1.55. The first-order valence-electron chi connectivity index (χ1n) is 7.13. The standard InChI is InChI=1S/C17H19ClN2/c18-15-9-8-14(12-19)17(11-15)20-10-4-3-6-13-5-1-2-7-16(13)20/h1-2,5,7-9,11H,3-4,6,10,12,19H2. The van der Waals surface area contributed by atoms with Gasteiger partial charge in [0.1, 0.15) is 0 Å². The van der Waals surface area contributed by atoms with Crippen LogP contribution in [0.15, 0.2) is 42.5 Å². The lowest BCUT2D eigenvalue weighted by Gasteiger charge is -2.27.